The van der Waals surface area contributed by atoms with Gasteiger partial charge >= 0.3 is 5.97 Å². The Morgan fingerprint density at radius 1 is 1.11 bits per heavy atom. The fourth-order valence-electron chi connectivity index (χ4n) is 5.30. The minimum atomic E-state index is -0.963. The van der Waals surface area contributed by atoms with Gasteiger partial charge in [0.25, 0.3) is 5.91 Å². The van der Waals surface area contributed by atoms with E-state index in [2.05, 4.69) is 39.0 Å². The van der Waals surface area contributed by atoms with Crippen LogP contribution in [0.1, 0.15) is 77.0 Å². The monoisotopic (exact) mass is 482 g/mol. The Balaban J connectivity index is 1.55. The van der Waals surface area contributed by atoms with E-state index in [-0.39, 0.29) is 22.9 Å². The first-order valence-corrected chi connectivity index (χ1v) is 12.2. The summed E-state index contributed by atoms with van der Waals surface area (Å²) in [5.74, 6) is -1.05. The molecule has 3 heterocycles. The molecule has 2 aromatic heterocycles. The second-order valence-electron chi connectivity index (χ2n) is 10.2. The molecule has 7 heteroatoms. The van der Waals surface area contributed by atoms with Crippen molar-refractivity contribution in [2.24, 2.45) is 0 Å². The van der Waals surface area contributed by atoms with Gasteiger partial charge in [-0.2, -0.15) is 5.10 Å². The number of carbonyl (C=O) groups excluding carboxylic acids is 1. The minimum absolute atomic E-state index is 0.0549. The molecule has 184 valence electrons. The van der Waals surface area contributed by atoms with Crippen molar-refractivity contribution in [3.05, 3.63) is 88.2 Å². The van der Waals surface area contributed by atoms with Crippen LogP contribution in [0.4, 0.5) is 0 Å². The van der Waals surface area contributed by atoms with E-state index in [0.717, 1.165) is 16.8 Å². The molecule has 1 aliphatic heterocycles. The van der Waals surface area contributed by atoms with Crippen molar-refractivity contribution >= 4 is 17.5 Å². The van der Waals surface area contributed by atoms with Crippen LogP contribution < -0.4 is 0 Å². The summed E-state index contributed by atoms with van der Waals surface area (Å²) in [7, 11) is 0. The van der Waals surface area contributed by atoms with Crippen LogP contribution in [-0.4, -0.2) is 43.0 Å². The molecule has 1 aliphatic rings. The second kappa shape index (κ2) is 8.59. The zero-order valence-electron chi connectivity index (χ0n) is 21.2. The van der Waals surface area contributed by atoms with Gasteiger partial charge in [0.2, 0.25) is 0 Å². The Morgan fingerprint density at radius 3 is 2.56 bits per heavy atom. The molecule has 36 heavy (non-hydrogen) atoms. The van der Waals surface area contributed by atoms with Gasteiger partial charge in [0.15, 0.2) is 5.65 Å². The summed E-state index contributed by atoms with van der Waals surface area (Å²) in [5, 5.41) is 14.0. The van der Waals surface area contributed by atoms with Crippen LogP contribution in [0, 0.1) is 6.92 Å². The van der Waals surface area contributed by atoms with E-state index >= 15 is 0 Å². The van der Waals surface area contributed by atoms with Crippen molar-refractivity contribution in [3.63, 3.8) is 0 Å². The summed E-state index contributed by atoms with van der Waals surface area (Å²) in [4.78, 5) is 31.8. The van der Waals surface area contributed by atoms with Crippen LogP contribution in [0.5, 0.6) is 0 Å². The molecule has 0 fully saturated rings. The number of hydrogen-bond acceptors (Lipinski definition) is 4. The summed E-state index contributed by atoms with van der Waals surface area (Å²) in [5.41, 5.74) is 6.76. The average molecular weight is 483 g/mol. The molecule has 0 saturated carbocycles. The molecule has 0 saturated heterocycles. The lowest BCUT2D eigenvalue weighted by atomic mass is 9.76. The summed E-state index contributed by atoms with van der Waals surface area (Å²) in [6.45, 7) is 10.9. The average Bonchev–Trinajstić information content (AvgIpc) is 3.29. The smallest absolute Gasteiger partial charge is 0.335 e. The van der Waals surface area contributed by atoms with Gasteiger partial charge in [-0.05, 0) is 55.2 Å². The summed E-state index contributed by atoms with van der Waals surface area (Å²) < 4.78 is 1.77. The molecule has 0 bridgehead atoms. The highest BCUT2D eigenvalue weighted by atomic mass is 16.4. The normalized spacial score (nSPS) is 16.7. The molecule has 0 radical (unpaired) electrons. The van der Waals surface area contributed by atoms with Crippen molar-refractivity contribution in [1.29, 1.82) is 0 Å². The molecular formula is C29H30N4O3. The topological polar surface area (TPSA) is 87.8 Å². The number of aromatic carboxylic acids is 1. The molecule has 1 N–H and O–H groups in total. The lowest BCUT2D eigenvalue weighted by Crippen LogP contribution is -2.47. The Morgan fingerprint density at radius 2 is 1.86 bits per heavy atom. The van der Waals surface area contributed by atoms with Gasteiger partial charge in [0, 0.05) is 29.3 Å². The largest absolute Gasteiger partial charge is 0.478 e. The van der Waals surface area contributed by atoms with E-state index in [1.807, 2.05) is 36.9 Å². The van der Waals surface area contributed by atoms with Crippen molar-refractivity contribution in [3.8, 4) is 11.3 Å². The van der Waals surface area contributed by atoms with Crippen LogP contribution in [-0.2, 0) is 11.8 Å². The summed E-state index contributed by atoms with van der Waals surface area (Å²) in [6, 6.07) is 17.0. The highest BCUT2D eigenvalue weighted by Crippen LogP contribution is 2.40. The van der Waals surface area contributed by atoms with E-state index in [1.54, 1.807) is 22.7 Å². The lowest BCUT2D eigenvalue weighted by molar-refractivity contribution is 0.0608. The number of benzene rings is 2. The van der Waals surface area contributed by atoms with Gasteiger partial charge in [-0.25, -0.2) is 14.3 Å². The number of hydrogen-bond donors (Lipinski definition) is 1. The van der Waals surface area contributed by atoms with Gasteiger partial charge in [-0.15, -0.1) is 0 Å². The van der Waals surface area contributed by atoms with Crippen molar-refractivity contribution in [2.75, 3.05) is 6.54 Å². The molecule has 7 nitrogen and oxygen atoms in total. The van der Waals surface area contributed by atoms with Crippen LogP contribution in [0.15, 0.2) is 54.6 Å². The predicted octanol–water partition coefficient (Wildman–Crippen LogP) is 5.46. The third kappa shape index (κ3) is 3.85. The highest BCUT2D eigenvalue weighted by molar-refractivity contribution is 5.94. The molecule has 4 aromatic rings. The second-order valence-corrected chi connectivity index (χ2v) is 10.2. The lowest BCUT2D eigenvalue weighted by Gasteiger charge is -2.44. The maximum Gasteiger partial charge on any atom is 0.335 e. The number of aryl methyl sites for hydroxylation is 2. The Hall–Kier alpha value is -4.00. The quantitative estimate of drug-likeness (QED) is 0.417. The molecular weight excluding hydrogens is 452 g/mol. The zero-order valence-corrected chi connectivity index (χ0v) is 21.2. The van der Waals surface area contributed by atoms with Gasteiger partial charge < -0.3 is 10.0 Å². The van der Waals surface area contributed by atoms with Crippen molar-refractivity contribution in [2.45, 2.75) is 52.5 Å². The number of carboxylic acids is 1. The van der Waals surface area contributed by atoms with Crippen LogP contribution in [0.3, 0.4) is 0 Å². The van der Waals surface area contributed by atoms with E-state index < -0.39 is 5.97 Å². The molecule has 1 amide bonds. The SMILES string of the molecule is CCc1cc(C(=O)N2CC(C)(C)c3ccccc3C2C)nc2cc(-c3ccc(C(=O)O)cc3C)nn12. The zero-order chi connectivity index (χ0) is 25.8. The third-order valence-corrected chi connectivity index (χ3v) is 7.27. The fraction of sp³-hybridized carbons (Fsp3) is 0.310. The number of aromatic nitrogens is 3. The van der Waals surface area contributed by atoms with E-state index in [0.29, 0.717) is 30.0 Å². The van der Waals surface area contributed by atoms with Crippen molar-refractivity contribution in [1.82, 2.24) is 19.5 Å². The summed E-state index contributed by atoms with van der Waals surface area (Å²) in [6.07, 6.45) is 0.682. The molecule has 1 unspecified atom stereocenters. The van der Waals surface area contributed by atoms with Crippen LogP contribution >= 0.6 is 0 Å². The standard InChI is InChI=1S/C29H30N4O3/c1-6-20-14-25(27(34)32-16-29(4,5)23-10-8-7-9-22(23)18(32)3)30-26-15-24(31-33(20)26)21-12-11-19(28(35)36)13-17(21)2/h7-15,18H,6,16H2,1-5H3,(H,35,36). The molecule has 2 aromatic carbocycles. The van der Waals surface area contributed by atoms with Crippen LogP contribution in [0.2, 0.25) is 0 Å². The first-order valence-electron chi connectivity index (χ1n) is 12.2. The number of carbonyl (C=O) groups is 2. The van der Waals surface area contributed by atoms with E-state index in [4.69, 9.17) is 10.1 Å². The first kappa shape index (κ1) is 23.7. The third-order valence-electron chi connectivity index (χ3n) is 7.27. The van der Waals surface area contributed by atoms with Gasteiger partial charge in [-0.1, -0.05) is 51.1 Å². The Kier molecular flexibility index (Phi) is 5.66. The number of carboxylic acid groups (broad SMARTS) is 1. The first-order chi connectivity index (χ1) is 17.1. The Bertz CT molecular complexity index is 1520. The fourth-order valence-corrected chi connectivity index (χ4v) is 5.30. The van der Waals surface area contributed by atoms with Crippen molar-refractivity contribution < 1.29 is 14.7 Å². The van der Waals surface area contributed by atoms with E-state index in [1.165, 1.54) is 11.1 Å². The van der Waals surface area contributed by atoms with Gasteiger partial charge in [0.1, 0.15) is 5.69 Å². The Labute approximate surface area is 210 Å². The van der Waals surface area contributed by atoms with E-state index in [9.17, 15) is 14.7 Å². The molecule has 0 aliphatic carbocycles. The molecule has 5 rings (SSSR count). The predicted molar refractivity (Wildman–Crippen MR) is 138 cm³/mol. The number of nitrogens with zero attached hydrogens (tertiary/aromatic N) is 4. The van der Waals surface area contributed by atoms with Gasteiger partial charge in [-0.3, -0.25) is 4.79 Å². The molecule has 0 spiro atoms. The summed E-state index contributed by atoms with van der Waals surface area (Å²) >= 11 is 0. The number of rotatable bonds is 4. The van der Waals surface area contributed by atoms with Gasteiger partial charge in [0.05, 0.1) is 17.3 Å². The number of fused-ring (bicyclic) bond motifs is 2. The van der Waals surface area contributed by atoms with Crippen LogP contribution in [0.25, 0.3) is 16.9 Å². The molecule has 1 atom stereocenters. The maximum absolute atomic E-state index is 13.8. The maximum atomic E-state index is 13.8. The minimum Gasteiger partial charge on any atom is -0.478 e. The highest BCUT2D eigenvalue weighted by Gasteiger charge is 2.38. The number of amides is 1.